The highest BCUT2D eigenvalue weighted by molar-refractivity contribution is 6.01. The van der Waals surface area contributed by atoms with Gasteiger partial charge in [0, 0.05) is 23.7 Å². The van der Waals surface area contributed by atoms with Crippen LogP contribution in [-0.2, 0) is 19.1 Å². The molecule has 0 unspecified atom stereocenters. The fourth-order valence-electron chi connectivity index (χ4n) is 7.08. The first-order chi connectivity index (χ1) is 13.5. The topological polar surface area (TPSA) is 101 Å². The van der Waals surface area contributed by atoms with E-state index in [-0.39, 0.29) is 29.0 Å². The van der Waals surface area contributed by atoms with Crippen LogP contribution < -0.4 is 0 Å². The Hall–Kier alpha value is -1.79. The van der Waals surface area contributed by atoms with Gasteiger partial charge in [-0.2, -0.15) is 0 Å². The molecule has 0 saturated heterocycles. The van der Waals surface area contributed by atoms with Gasteiger partial charge in [0.1, 0.15) is 5.60 Å². The van der Waals surface area contributed by atoms with Crippen molar-refractivity contribution in [2.45, 2.75) is 64.6 Å². The third kappa shape index (κ3) is 2.79. The number of fused-ring (bicyclic) bond motifs is 5. The molecule has 4 aliphatic carbocycles. The van der Waals surface area contributed by atoms with Crippen LogP contribution in [0.15, 0.2) is 23.8 Å². The molecule has 158 valence electrons. The van der Waals surface area contributed by atoms with Gasteiger partial charge in [-0.3, -0.25) is 14.4 Å². The van der Waals surface area contributed by atoms with Gasteiger partial charge in [0.2, 0.25) is 5.78 Å². The van der Waals surface area contributed by atoms with Gasteiger partial charge in [0.15, 0.2) is 12.4 Å². The normalized spacial score (nSPS) is 45.7. The minimum absolute atomic E-state index is 0.00243. The van der Waals surface area contributed by atoms with Crippen molar-refractivity contribution in [1.29, 1.82) is 0 Å². The Balaban J connectivity index is 1.66. The molecule has 0 amide bonds. The van der Waals surface area contributed by atoms with Gasteiger partial charge in [-0.05, 0) is 56.1 Å². The lowest BCUT2D eigenvalue weighted by molar-refractivity contribution is -0.181. The third-order valence-electron chi connectivity index (χ3n) is 8.52. The molecule has 29 heavy (non-hydrogen) atoms. The number of esters is 1. The van der Waals surface area contributed by atoms with Crippen molar-refractivity contribution in [3.63, 3.8) is 0 Å². The lowest BCUT2D eigenvalue weighted by Gasteiger charge is -2.59. The van der Waals surface area contributed by atoms with Crippen molar-refractivity contribution < 1.29 is 29.3 Å². The number of ketones is 2. The second-order valence-corrected chi connectivity index (χ2v) is 9.81. The summed E-state index contributed by atoms with van der Waals surface area (Å²) in [4.78, 5) is 35.9. The molecule has 0 bridgehead atoms. The zero-order valence-corrected chi connectivity index (χ0v) is 17.3. The van der Waals surface area contributed by atoms with E-state index in [2.05, 4.69) is 6.92 Å². The van der Waals surface area contributed by atoms with Crippen LogP contribution in [-0.4, -0.2) is 46.1 Å². The van der Waals surface area contributed by atoms with Crippen molar-refractivity contribution >= 4 is 17.5 Å². The summed E-state index contributed by atoms with van der Waals surface area (Å²) in [5.41, 5.74) is -1.67. The summed E-state index contributed by atoms with van der Waals surface area (Å²) in [5.74, 6) is -0.836. The van der Waals surface area contributed by atoms with E-state index in [1.165, 1.54) is 6.92 Å². The van der Waals surface area contributed by atoms with E-state index in [1.54, 1.807) is 12.2 Å². The molecule has 7 atom stereocenters. The van der Waals surface area contributed by atoms with Crippen molar-refractivity contribution in [2.24, 2.45) is 28.6 Å². The van der Waals surface area contributed by atoms with Gasteiger partial charge in [0.25, 0.3) is 0 Å². The predicted octanol–water partition coefficient (Wildman–Crippen LogP) is 2.13. The molecular weight excluding hydrogens is 372 g/mol. The first-order valence-corrected chi connectivity index (χ1v) is 10.5. The maximum absolute atomic E-state index is 12.9. The van der Waals surface area contributed by atoms with E-state index in [1.807, 2.05) is 13.0 Å². The fraction of sp³-hybridized carbons (Fsp3) is 0.696. The summed E-state index contributed by atoms with van der Waals surface area (Å²) in [7, 11) is 0. The number of carbonyl (C=O) groups excluding carboxylic acids is 3. The first-order valence-electron chi connectivity index (χ1n) is 10.5. The molecule has 6 nitrogen and oxygen atoms in total. The van der Waals surface area contributed by atoms with Crippen LogP contribution in [0.3, 0.4) is 0 Å². The summed E-state index contributed by atoms with van der Waals surface area (Å²) >= 11 is 0. The van der Waals surface area contributed by atoms with Crippen molar-refractivity contribution in [2.75, 3.05) is 6.61 Å². The number of allylic oxidation sites excluding steroid dienone is 4. The number of ether oxygens (including phenoxy) is 1. The van der Waals surface area contributed by atoms with E-state index in [0.29, 0.717) is 19.3 Å². The molecule has 0 radical (unpaired) electrons. The van der Waals surface area contributed by atoms with Crippen LogP contribution in [0, 0.1) is 28.6 Å². The monoisotopic (exact) mass is 402 g/mol. The van der Waals surface area contributed by atoms with Crippen LogP contribution in [0.5, 0.6) is 0 Å². The Morgan fingerprint density at radius 1 is 1.28 bits per heavy atom. The van der Waals surface area contributed by atoms with Gasteiger partial charge in [-0.25, -0.2) is 0 Å². The van der Waals surface area contributed by atoms with Crippen LogP contribution in [0.2, 0.25) is 0 Å². The molecule has 0 aromatic carbocycles. The minimum Gasteiger partial charge on any atom is -0.458 e. The number of rotatable bonds is 3. The highest BCUT2D eigenvalue weighted by Gasteiger charge is 2.68. The predicted molar refractivity (Wildman–Crippen MR) is 105 cm³/mol. The highest BCUT2D eigenvalue weighted by atomic mass is 16.5. The summed E-state index contributed by atoms with van der Waals surface area (Å²) in [6, 6.07) is 0. The second kappa shape index (κ2) is 6.61. The van der Waals surface area contributed by atoms with Crippen LogP contribution in [0.1, 0.15) is 52.9 Å². The third-order valence-corrected chi connectivity index (χ3v) is 8.52. The second-order valence-electron chi connectivity index (χ2n) is 9.81. The molecule has 4 rings (SSSR count). The SMILES string of the molecule is CC(=O)OCC(=O)[C@@]1(O)CC[C@H]2[C@H]3CCC4=CC(=O)C=C[C@@]4(C)[C@H]3[C@@H](O)C[C@@]21C. The Bertz CT molecular complexity index is 827. The fourth-order valence-corrected chi connectivity index (χ4v) is 7.08. The van der Waals surface area contributed by atoms with Crippen molar-refractivity contribution in [3.8, 4) is 0 Å². The summed E-state index contributed by atoms with van der Waals surface area (Å²) in [6.45, 7) is 4.80. The van der Waals surface area contributed by atoms with Gasteiger partial charge in [-0.15, -0.1) is 0 Å². The summed E-state index contributed by atoms with van der Waals surface area (Å²) in [5, 5.41) is 22.7. The van der Waals surface area contributed by atoms with Gasteiger partial charge >= 0.3 is 5.97 Å². The summed E-state index contributed by atoms with van der Waals surface area (Å²) in [6.07, 6.45) is 7.50. The Morgan fingerprint density at radius 2 is 2.00 bits per heavy atom. The molecule has 0 spiro atoms. The number of carbonyl (C=O) groups is 3. The average Bonchev–Trinajstić information content (AvgIpc) is 2.91. The van der Waals surface area contributed by atoms with Crippen molar-refractivity contribution in [3.05, 3.63) is 23.8 Å². The Kier molecular flexibility index (Phi) is 4.67. The summed E-state index contributed by atoms with van der Waals surface area (Å²) < 4.78 is 4.88. The van der Waals surface area contributed by atoms with Crippen molar-refractivity contribution in [1.82, 2.24) is 0 Å². The molecule has 6 heteroatoms. The molecule has 0 aromatic rings. The van der Waals surface area contributed by atoms with E-state index in [4.69, 9.17) is 4.74 Å². The first kappa shape index (κ1) is 20.5. The number of hydrogen-bond donors (Lipinski definition) is 2. The molecular formula is C23H30O6. The minimum atomic E-state index is -1.60. The maximum atomic E-state index is 12.9. The standard InChI is InChI=1S/C23H30O6/c1-13(24)29-12-19(27)23(28)9-7-17-16-5-4-14-10-15(25)6-8-21(14,2)20(16)18(26)11-22(17,23)3/h6,8,10,16-18,20,26,28H,4-5,7,9,11-12H2,1-3H3/t16-,17+,18+,20-,21-,22+,23+/m1/s1. The van der Waals surface area contributed by atoms with Gasteiger partial charge in [-0.1, -0.05) is 25.5 Å². The van der Waals surface area contributed by atoms with Gasteiger partial charge in [0.05, 0.1) is 6.10 Å². The number of aliphatic hydroxyl groups excluding tert-OH is 1. The largest absolute Gasteiger partial charge is 0.458 e. The number of Topliss-reactive ketones (excluding diaryl/α,β-unsaturated/α-hetero) is 1. The maximum Gasteiger partial charge on any atom is 0.303 e. The molecule has 0 heterocycles. The average molecular weight is 402 g/mol. The number of aliphatic hydroxyl groups is 2. The van der Waals surface area contributed by atoms with Gasteiger partial charge < -0.3 is 14.9 Å². The lowest BCUT2D eigenvalue weighted by atomic mass is 9.46. The quantitative estimate of drug-likeness (QED) is 0.702. The van der Waals surface area contributed by atoms with E-state index < -0.39 is 35.5 Å². The van der Waals surface area contributed by atoms with Crippen LogP contribution in [0.4, 0.5) is 0 Å². The number of hydrogen-bond acceptors (Lipinski definition) is 6. The molecule has 3 saturated carbocycles. The molecule has 2 N–H and O–H groups in total. The molecule has 3 fully saturated rings. The van der Waals surface area contributed by atoms with Crippen LogP contribution in [0.25, 0.3) is 0 Å². The zero-order chi connectivity index (χ0) is 21.2. The Labute approximate surface area is 171 Å². The Morgan fingerprint density at radius 3 is 2.69 bits per heavy atom. The van der Waals surface area contributed by atoms with Crippen LogP contribution >= 0.6 is 0 Å². The zero-order valence-electron chi connectivity index (χ0n) is 17.3. The molecule has 4 aliphatic rings. The van der Waals surface area contributed by atoms with E-state index in [0.717, 1.165) is 18.4 Å². The van der Waals surface area contributed by atoms with E-state index in [9.17, 15) is 24.6 Å². The van der Waals surface area contributed by atoms with E-state index >= 15 is 0 Å². The lowest BCUT2D eigenvalue weighted by Crippen LogP contribution is -2.61. The highest BCUT2D eigenvalue weighted by Crippen LogP contribution is 2.67. The smallest absolute Gasteiger partial charge is 0.303 e. The molecule has 0 aliphatic heterocycles. The molecule has 0 aromatic heterocycles.